The molecule has 0 aliphatic heterocycles. The number of rotatable bonds is 5. The molecule has 140 valence electrons. The molecule has 0 spiro atoms. The van der Waals surface area contributed by atoms with E-state index in [9.17, 15) is 13.6 Å². The first-order valence-corrected chi connectivity index (χ1v) is 9.08. The van der Waals surface area contributed by atoms with Gasteiger partial charge < -0.3 is 10.1 Å². The highest BCUT2D eigenvalue weighted by molar-refractivity contribution is 7.17. The van der Waals surface area contributed by atoms with E-state index in [2.05, 4.69) is 10.3 Å². The maximum absolute atomic E-state index is 13.9. The molecule has 1 N–H and O–H groups in total. The van der Waals surface area contributed by atoms with Crippen LogP contribution in [0.3, 0.4) is 0 Å². The predicted octanol–water partition coefficient (Wildman–Crippen LogP) is 4.90. The number of thiazole rings is 1. The highest BCUT2D eigenvalue weighted by Gasteiger charge is 2.19. The van der Waals surface area contributed by atoms with Gasteiger partial charge in [-0.05, 0) is 55.8 Å². The van der Waals surface area contributed by atoms with Crippen LogP contribution in [0.15, 0.2) is 42.5 Å². The Morgan fingerprint density at radius 3 is 2.52 bits per heavy atom. The second-order valence-corrected chi connectivity index (χ2v) is 7.03. The molecule has 0 fully saturated rings. The average Bonchev–Trinajstić information content (AvgIpc) is 3.04. The van der Waals surface area contributed by atoms with Gasteiger partial charge >= 0.3 is 0 Å². The second kappa shape index (κ2) is 7.84. The highest BCUT2D eigenvalue weighted by Crippen LogP contribution is 2.29. The molecule has 0 aliphatic rings. The molecule has 3 aromatic rings. The number of halogens is 2. The molecule has 0 aliphatic carbocycles. The molecule has 27 heavy (non-hydrogen) atoms. The number of nitrogens with one attached hydrogen (secondary N) is 1. The Morgan fingerprint density at radius 1 is 1.19 bits per heavy atom. The average molecular weight is 388 g/mol. The smallest absolute Gasteiger partial charge is 0.263 e. The molecule has 7 heteroatoms. The van der Waals surface area contributed by atoms with Crippen LogP contribution in [0.1, 0.15) is 33.9 Å². The quantitative estimate of drug-likeness (QED) is 0.677. The summed E-state index contributed by atoms with van der Waals surface area (Å²) in [7, 11) is 1.40. The molecule has 0 saturated carbocycles. The standard InChI is InChI=1S/C20H18F2N2O2S/c1-11(14-6-9-17(26-3)16(22)10-14)23-19(25)18-12(2)24-20(27-18)13-4-7-15(21)8-5-13/h4-11H,1-3H3,(H,23,25). The summed E-state index contributed by atoms with van der Waals surface area (Å²) < 4.78 is 31.9. The van der Waals surface area contributed by atoms with Crippen LogP contribution in [0.2, 0.25) is 0 Å². The van der Waals surface area contributed by atoms with Crippen LogP contribution in [0.25, 0.3) is 10.6 Å². The maximum atomic E-state index is 13.9. The van der Waals surface area contributed by atoms with Gasteiger partial charge in [-0.1, -0.05) is 6.07 Å². The lowest BCUT2D eigenvalue weighted by atomic mass is 10.1. The minimum atomic E-state index is -0.483. The number of aryl methyl sites for hydroxylation is 1. The van der Waals surface area contributed by atoms with Gasteiger partial charge in [-0.3, -0.25) is 4.79 Å². The lowest BCUT2D eigenvalue weighted by molar-refractivity contribution is 0.0943. The molecule has 4 nitrogen and oxygen atoms in total. The largest absolute Gasteiger partial charge is 0.494 e. The van der Waals surface area contributed by atoms with Gasteiger partial charge in [0.1, 0.15) is 15.7 Å². The molecule has 0 bridgehead atoms. The maximum Gasteiger partial charge on any atom is 0.263 e. The van der Waals surface area contributed by atoms with Crippen molar-refractivity contribution < 1.29 is 18.3 Å². The van der Waals surface area contributed by atoms with Gasteiger partial charge in [0.25, 0.3) is 5.91 Å². The lowest BCUT2D eigenvalue weighted by Crippen LogP contribution is -2.26. The molecule has 1 heterocycles. The second-order valence-electron chi connectivity index (χ2n) is 6.03. The minimum Gasteiger partial charge on any atom is -0.494 e. The monoisotopic (exact) mass is 388 g/mol. The fraction of sp³-hybridized carbons (Fsp3) is 0.200. The SMILES string of the molecule is COc1ccc(C(C)NC(=O)c2sc(-c3ccc(F)cc3)nc2C)cc1F. The number of carbonyl (C=O) groups excluding carboxylic acids is 1. The van der Waals surface area contributed by atoms with E-state index in [1.54, 1.807) is 32.0 Å². The zero-order valence-electron chi connectivity index (χ0n) is 15.0. The zero-order valence-corrected chi connectivity index (χ0v) is 15.9. The van der Waals surface area contributed by atoms with Gasteiger partial charge in [0.05, 0.1) is 18.8 Å². The molecular formula is C20H18F2N2O2S. The first-order chi connectivity index (χ1) is 12.9. The normalized spacial score (nSPS) is 11.9. The molecule has 1 unspecified atom stereocenters. The molecule has 1 aromatic heterocycles. The van der Waals surface area contributed by atoms with Crippen molar-refractivity contribution in [2.75, 3.05) is 7.11 Å². The van der Waals surface area contributed by atoms with E-state index in [0.29, 0.717) is 21.1 Å². The first-order valence-electron chi connectivity index (χ1n) is 8.26. The van der Waals surface area contributed by atoms with E-state index < -0.39 is 11.9 Å². The van der Waals surface area contributed by atoms with Gasteiger partial charge in [-0.2, -0.15) is 0 Å². The van der Waals surface area contributed by atoms with Crippen LogP contribution in [0.4, 0.5) is 8.78 Å². The van der Waals surface area contributed by atoms with E-state index in [-0.39, 0.29) is 17.5 Å². The van der Waals surface area contributed by atoms with Gasteiger partial charge in [0.2, 0.25) is 0 Å². The number of amides is 1. The summed E-state index contributed by atoms with van der Waals surface area (Å²) in [5.41, 5.74) is 1.96. The minimum absolute atomic E-state index is 0.152. The van der Waals surface area contributed by atoms with Crippen molar-refractivity contribution in [3.63, 3.8) is 0 Å². The topological polar surface area (TPSA) is 51.2 Å². The number of ether oxygens (including phenoxy) is 1. The van der Waals surface area contributed by atoms with Crippen LogP contribution in [-0.4, -0.2) is 18.0 Å². The molecule has 2 aromatic carbocycles. The Bertz CT molecular complexity index is 971. The van der Waals surface area contributed by atoms with Crippen LogP contribution < -0.4 is 10.1 Å². The van der Waals surface area contributed by atoms with Crippen LogP contribution in [0.5, 0.6) is 5.75 Å². The van der Waals surface area contributed by atoms with Gasteiger partial charge in [0, 0.05) is 5.56 Å². The molecule has 0 saturated heterocycles. The Kier molecular flexibility index (Phi) is 5.51. The van der Waals surface area contributed by atoms with E-state index in [1.807, 2.05) is 0 Å². The van der Waals surface area contributed by atoms with E-state index >= 15 is 0 Å². The molecular weight excluding hydrogens is 370 g/mol. The number of nitrogens with zero attached hydrogens (tertiary/aromatic N) is 1. The summed E-state index contributed by atoms with van der Waals surface area (Å²) in [4.78, 5) is 17.5. The van der Waals surface area contributed by atoms with Crippen molar-refractivity contribution in [1.29, 1.82) is 0 Å². The Morgan fingerprint density at radius 2 is 1.89 bits per heavy atom. The van der Waals surface area contributed by atoms with Crippen molar-refractivity contribution in [2.45, 2.75) is 19.9 Å². The van der Waals surface area contributed by atoms with Gasteiger partial charge in [0.15, 0.2) is 11.6 Å². The van der Waals surface area contributed by atoms with Gasteiger partial charge in [-0.15, -0.1) is 11.3 Å². The number of carbonyl (C=O) groups is 1. The molecule has 3 rings (SSSR count). The van der Waals surface area contributed by atoms with Crippen LogP contribution >= 0.6 is 11.3 Å². The number of aromatic nitrogens is 1. The van der Waals surface area contributed by atoms with Crippen molar-refractivity contribution in [3.05, 3.63) is 70.2 Å². The summed E-state index contributed by atoms with van der Waals surface area (Å²) in [6, 6.07) is 10.1. The van der Waals surface area contributed by atoms with E-state index in [1.165, 1.54) is 42.7 Å². The summed E-state index contributed by atoms with van der Waals surface area (Å²) in [6.07, 6.45) is 0. The third-order valence-electron chi connectivity index (χ3n) is 4.12. The Hall–Kier alpha value is -2.80. The van der Waals surface area contributed by atoms with Crippen molar-refractivity contribution in [3.8, 4) is 16.3 Å². The van der Waals surface area contributed by atoms with Gasteiger partial charge in [-0.25, -0.2) is 13.8 Å². The fourth-order valence-corrected chi connectivity index (χ4v) is 3.60. The summed E-state index contributed by atoms with van der Waals surface area (Å²) in [5, 5.41) is 3.50. The third-order valence-corrected chi connectivity index (χ3v) is 5.32. The molecule has 0 radical (unpaired) electrons. The van der Waals surface area contributed by atoms with E-state index in [4.69, 9.17) is 4.74 Å². The summed E-state index contributed by atoms with van der Waals surface area (Å²) in [5.74, 6) is -0.948. The number of benzene rings is 2. The molecule has 1 atom stereocenters. The zero-order chi connectivity index (χ0) is 19.6. The van der Waals surface area contributed by atoms with Crippen LogP contribution in [-0.2, 0) is 0 Å². The van der Waals surface area contributed by atoms with Crippen LogP contribution in [0, 0.1) is 18.6 Å². The number of hydrogen-bond donors (Lipinski definition) is 1. The van der Waals surface area contributed by atoms with Crippen molar-refractivity contribution >= 4 is 17.2 Å². The van der Waals surface area contributed by atoms with E-state index in [0.717, 1.165) is 5.56 Å². The highest BCUT2D eigenvalue weighted by atomic mass is 32.1. The van der Waals surface area contributed by atoms with Crippen molar-refractivity contribution in [1.82, 2.24) is 10.3 Å². The fourth-order valence-electron chi connectivity index (χ4n) is 2.62. The first kappa shape index (κ1) is 19.0. The lowest BCUT2D eigenvalue weighted by Gasteiger charge is -2.14. The summed E-state index contributed by atoms with van der Waals surface area (Å²) >= 11 is 1.23. The third kappa shape index (κ3) is 4.14. The predicted molar refractivity (Wildman–Crippen MR) is 101 cm³/mol. The molecule has 1 amide bonds. The number of hydrogen-bond acceptors (Lipinski definition) is 4. The Labute approximate surface area is 159 Å². The Balaban J connectivity index is 1.78. The van der Waals surface area contributed by atoms with Crippen molar-refractivity contribution in [2.24, 2.45) is 0 Å². The number of methoxy groups -OCH3 is 1. The summed E-state index contributed by atoms with van der Waals surface area (Å²) in [6.45, 7) is 3.52.